The van der Waals surface area contributed by atoms with Crippen LogP contribution in [0.5, 0.6) is 0 Å². The van der Waals surface area contributed by atoms with Crippen LogP contribution in [0.3, 0.4) is 0 Å². The molecule has 0 unspecified atom stereocenters. The molecule has 0 N–H and O–H groups in total. The summed E-state index contributed by atoms with van der Waals surface area (Å²) in [5.41, 5.74) is 1.42. The van der Waals surface area contributed by atoms with Gasteiger partial charge >= 0.3 is 0 Å². The Hall–Kier alpha value is -0.0800. The molecule has 106 valence electrons. The number of likely N-dealkylation sites (tertiary alicyclic amines) is 2. The summed E-state index contributed by atoms with van der Waals surface area (Å²) in [6.07, 6.45) is 4.07. The highest BCUT2D eigenvalue weighted by atomic mass is 15.3. The summed E-state index contributed by atoms with van der Waals surface area (Å²) < 4.78 is 0. The average molecular weight is 252 g/mol. The molecule has 1 spiro atoms. The van der Waals surface area contributed by atoms with Crippen molar-refractivity contribution in [3.63, 3.8) is 0 Å². The van der Waals surface area contributed by atoms with Crippen molar-refractivity contribution in [1.82, 2.24) is 9.80 Å². The van der Waals surface area contributed by atoms with Crippen molar-refractivity contribution < 1.29 is 0 Å². The van der Waals surface area contributed by atoms with E-state index in [1.165, 1.54) is 45.4 Å². The molecule has 2 saturated heterocycles. The van der Waals surface area contributed by atoms with Gasteiger partial charge in [0.1, 0.15) is 0 Å². The number of nitrogens with zero attached hydrogens (tertiary/aromatic N) is 2. The van der Waals surface area contributed by atoms with Crippen LogP contribution in [0, 0.1) is 5.41 Å². The van der Waals surface area contributed by atoms with Gasteiger partial charge in [-0.25, -0.2) is 0 Å². The molecule has 2 aliphatic heterocycles. The molecule has 0 aromatic heterocycles. The summed E-state index contributed by atoms with van der Waals surface area (Å²) in [7, 11) is 0. The van der Waals surface area contributed by atoms with E-state index in [0.717, 1.165) is 0 Å². The lowest BCUT2D eigenvalue weighted by Gasteiger charge is -2.60. The van der Waals surface area contributed by atoms with Crippen molar-refractivity contribution >= 4 is 0 Å². The summed E-state index contributed by atoms with van der Waals surface area (Å²) in [5, 5.41) is 0. The lowest BCUT2D eigenvalue weighted by atomic mass is 9.69. The molecule has 2 rings (SSSR count). The molecule has 0 aromatic carbocycles. The van der Waals surface area contributed by atoms with Gasteiger partial charge in [0.05, 0.1) is 0 Å². The van der Waals surface area contributed by atoms with Gasteiger partial charge in [-0.2, -0.15) is 0 Å². The Labute approximate surface area is 114 Å². The molecular weight excluding hydrogens is 220 g/mol. The zero-order chi connectivity index (χ0) is 13.6. The first-order valence-electron chi connectivity index (χ1n) is 7.69. The molecule has 18 heavy (non-hydrogen) atoms. The molecule has 2 heterocycles. The Balaban J connectivity index is 1.86. The highest BCUT2D eigenvalue weighted by Gasteiger charge is 2.49. The van der Waals surface area contributed by atoms with E-state index < -0.39 is 0 Å². The van der Waals surface area contributed by atoms with Gasteiger partial charge in [-0.1, -0.05) is 6.92 Å². The summed E-state index contributed by atoms with van der Waals surface area (Å²) >= 11 is 0. The maximum absolute atomic E-state index is 2.69. The quantitative estimate of drug-likeness (QED) is 0.743. The van der Waals surface area contributed by atoms with E-state index in [0.29, 0.717) is 16.5 Å². The van der Waals surface area contributed by atoms with Crippen molar-refractivity contribution in [3.05, 3.63) is 0 Å². The Kier molecular flexibility index (Phi) is 3.57. The lowest BCUT2D eigenvalue weighted by Crippen LogP contribution is -2.66. The first-order valence-corrected chi connectivity index (χ1v) is 7.69. The van der Waals surface area contributed by atoms with Crippen LogP contribution >= 0.6 is 0 Å². The van der Waals surface area contributed by atoms with Crippen molar-refractivity contribution in [2.24, 2.45) is 5.41 Å². The third-order valence-corrected chi connectivity index (χ3v) is 5.55. The zero-order valence-corrected chi connectivity index (χ0v) is 13.3. The van der Waals surface area contributed by atoms with Crippen LogP contribution in [0.2, 0.25) is 0 Å². The molecule has 2 fully saturated rings. The first-order chi connectivity index (χ1) is 8.19. The summed E-state index contributed by atoms with van der Waals surface area (Å²) in [6.45, 7) is 19.4. The van der Waals surface area contributed by atoms with Gasteiger partial charge in [0.25, 0.3) is 0 Å². The third-order valence-electron chi connectivity index (χ3n) is 5.55. The Morgan fingerprint density at radius 1 is 0.889 bits per heavy atom. The Bertz CT molecular complexity index is 285. The topological polar surface area (TPSA) is 6.48 Å². The fraction of sp³-hybridized carbons (Fsp3) is 1.00. The molecule has 0 aromatic rings. The zero-order valence-electron chi connectivity index (χ0n) is 13.3. The number of hydrogen-bond acceptors (Lipinski definition) is 2. The summed E-state index contributed by atoms with van der Waals surface area (Å²) in [5.74, 6) is 0. The van der Waals surface area contributed by atoms with Crippen LogP contribution < -0.4 is 0 Å². The van der Waals surface area contributed by atoms with E-state index in [-0.39, 0.29) is 0 Å². The average Bonchev–Trinajstić information content (AvgIpc) is 2.24. The Morgan fingerprint density at radius 3 is 1.78 bits per heavy atom. The SMILES string of the molecule is CCC(C)(C)N1CC2(CCN(C(C)(C)C)CC2)C1. The van der Waals surface area contributed by atoms with Gasteiger partial charge in [-0.15, -0.1) is 0 Å². The summed E-state index contributed by atoms with van der Waals surface area (Å²) in [6, 6.07) is 0. The summed E-state index contributed by atoms with van der Waals surface area (Å²) in [4.78, 5) is 5.35. The third kappa shape index (κ3) is 2.60. The molecule has 0 bridgehead atoms. The molecular formula is C16H32N2. The van der Waals surface area contributed by atoms with Crippen LogP contribution in [-0.2, 0) is 0 Å². The van der Waals surface area contributed by atoms with E-state index in [4.69, 9.17) is 0 Å². The molecule has 0 atom stereocenters. The van der Waals surface area contributed by atoms with Gasteiger partial charge in [0.2, 0.25) is 0 Å². The van der Waals surface area contributed by atoms with Gasteiger partial charge in [0.15, 0.2) is 0 Å². The maximum atomic E-state index is 2.69. The predicted octanol–water partition coefficient (Wildman–Crippen LogP) is 3.37. The minimum atomic E-state index is 0.355. The van der Waals surface area contributed by atoms with Gasteiger partial charge in [-0.05, 0) is 72.4 Å². The van der Waals surface area contributed by atoms with Crippen LogP contribution in [0.1, 0.15) is 60.8 Å². The van der Waals surface area contributed by atoms with Crippen LogP contribution in [0.15, 0.2) is 0 Å². The van der Waals surface area contributed by atoms with Crippen molar-refractivity contribution in [2.75, 3.05) is 26.2 Å². The van der Waals surface area contributed by atoms with E-state index in [1.54, 1.807) is 0 Å². The van der Waals surface area contributed by atoms with Crippen LogP contribution in [-0.4, -0.2) is 47.1 Å². The second-order valence-corrected chi connectivity index (χ2v) is 8.18. The second kappa shape index (κ2) is 4.49. The fourth-order valence-electron chi connectivity index (χ4n) is 3.38. The van der Waals surface area contributed by atoms with Crippen LogP contribution in [0.25, 0.3) is 0 Å². The molecule has 2 heteroatoms. The lowest BCUT2D eigenvalue weighted by molar-refractivity contribution is -0.105. The Morgan fingerprint density at radius 2 is 1.39 bits per heavy atom. The number of hydrogen-bond donors (Lipinski definition) is 0. The van der Waals surface area contributed by atoms with Crippen molar-refractivity contribution in [2.45, 2.75) is 71.9 Å². The number of rotatable bonds is 2. The largest absolute Gasteiger partial charge is 0.298 e. The normalized spacial score (nSPS) is 26.3. The molecule has 0 aliphatic carbocycles. The standard InChI is InChI=1S/C16H32N2/c1-7-15(5,6)18-12-16(13-18)8-10-17(11-9-16)14(2,3)4/h7-13H2,1-6H3. The minimum absolute atomic E-state index is 0.355. The maximum Gasteiger partial charge on any atom is 0.0151 e. The second-order valence-electron chi connectivity index (χ2n) is 8.18. The van der Waals surface area contributed by atoms with E-state index in [1.807, 2.05) is 0 Å². The fourth-order valence-corrected chi connectivity index (χ4v) is 3.38. The molecule has 0 radical (unpaired) electrons. The van der Waals surface area contributed by atoms with E-state index in [9.17, 15) is 0 Å². The van der Waals surface area contributed by atoms with Crippen LogP contribution in [0.4, 0.5) is 0 Å². The van der Waals surface area contributed by atoms with E-state index >= 15 is 0 Å². The molecule has 2 nitrogen and oxygen atoms in total. The van der Waals surface area contributed by atoms with E-state index in [2.05, 4.69) is 51.3 Å². The minimum Gasteiger partial charge on any atom is -0.298 e. The van der Waals surface area contributed by atoms with Crippen molar-refractivity contribution in [3.8, 4) is 0 Å². The van der Waals surface area contributed by atoms with Crippen molar-refractivity contribution in [1.29, 1.82) is 0 Å². The predicted molar refractivity (Wildman–Crippen MR) is 78.9 cm³/mol. The highest BCUT2D eigenvalue weighted by molar-refractivity contribution is 5.03. The first kappa shape index (κ1) is 14.3. The molecule has 2 aliphatic rings. The monoisotopic (exact) mass is 252 g/mol. The van der Waals surface area contributed by atoms with Gasteiger partial charge < -0.3 is 0 Å². The number of piperidine rings is 1. The molecule has 0 saturated carbocycles. The smallest absolute Gasteiger partial charge is 0.0151 e. The molecule has 0 amide bonds. The highest BCUT2D eigenvalue weighted by Crippen LogP contribution is 2.44. The van der Waals surface area contributed by atoms with Gasteiger partial charge in [-0.3, -0.25) is 9.80 Å². The van der Waals surface area contributed by atoms with Gasteiger partial charge in [0, 0.05) is 24.2 Å².